The van der Waals surface area contributed by atoms with Gasteiger partial charge in [0.1, 0.15) is 4.90 Å². The lowest BCUT2D eigenvalue weighted by Gasteiger charge is -2.21. The molecule has 0 atom stereocenters. The smallest absolute Gasteiger partial charge is 0.246 e. The maximum absolute atomic E-state index is 13.1. The number of aryl methyl sites for hydroxylation is 1. The van der Waals surface area contributed by atoms with Gasteiger partial charge in [-0.2, -0.15) is 9.40 Å². The van der Waals surface area contributed by atoms with E-state index in [1.165, 1.54) is 4.31 Å². The Morgan fingerprint density at radius 2 is 1.92 bits per heavy atom. The van der Waals surface area contributed by atoms with Crippen LogP contribution < -0.4 is 0 Å². The Hall–Kier alpha value is -1.70. The fraction of sp³-hybridized carbons (Fsp3) is 0.500. The number of sulfonamides is 1. The predicted octanol–water partition coefficient (Wildman–Crippen LogP) is 2.49. The number of nitrogens with zero attached hydrogens (tertiary/aromatic N) is 3. The molecule has 1 aliphatic rings. The van der Waals surface area contributed by atoms with Gasteiger partial charge in [0.05, 0.1) is 18.3 Å². The highest BCUT2D eigenvalue weighted by atomic mass is 32.2. The molecule has 6 nitrogen and oxygen atoms in total. The molecule has 0 unspecified atom stereocenters. The van der Waals surface area contributed by atoms with Crippen molar-refractivity contribution < 1.29 is 13.5 Å². The molecule has 0 spiro atoms. The average Bonchev–Trinajstić information content (AvgIpc) is 3.25. The lowest BCUT2D eigenvalue weighted by molar-refractivity contribution is 0.251. The topological polar surface area (TPSA) is 75.4 Å². The summed E-state index contributed by atoms with van der Waals surface area (Å²) in [7, 11) is -3.71. The molecule has 1 aromatic carbocycles. The highest BCUT2D eigenvalue weighted by Gasteiger charge is 2.29. The van der Waals surface area contributed by atoms with Crippen molar-refractivity contribution in [3.05, 3.63) is 47.8 Å². The monoisotopic (exact) mass is 363 g/mol. The van der Waals surface area contributed by atoms with Crippen LogP contribution in [0.25, 0.3) is 0 Å². The zero-order valence-electron chi connectivity index (χ0n) is 14.5. The Balaban J connectivity index is 1.89. The summed E-state index contributed by atoms with van der Waals surface area (Å²) in [6.45, 7) is 1.81. The Bertz CT molecular complexity index is 796. The average molecular weight is 363 g/mol. The summed E-state index contributed by atoms with van der Waals surface area (Å²) in [6.07, 6.45) is 6.08. The number of aliphatic hydroxyl groups is 1. The van der Waals surface area contributed by atoms with E-state index in [0.717, 1.165) is 31.2 Å². The van der Waals surface area contributed by atoms with Gasteiger partial charge in [-0.15, -0.1) is 0 Å². The van der Waals surface area contributed by atoms with Crippen LogP contribution in [0.15, 0.2) is 41.4 Å². The van der Waals surface area contributed by atoms with Gasteiger partial charge in [0.25, 0.3) is 0 Å². The summed E-state index contributed by atoms with van der Waals surface area (Å²) in [5.74, 6) is 0. The molecule has 0 radical (unpaired) electrons. The first kappa shape index (κ1) is 18.1. The van der Waals surface area contributed by atoms with Gasteiger partial charge < -0.3 is 5.11 Å². The minimum atomic E-state index is -3.71. The van der Waals surface area contributed by atoms with E-state index >= 15 is 0 Å². The van der Waals surface area contributed by atoms with Gasteiger partial charge in [0.2, 0.25) is 10.0 Å². The lowest BCUT2D eigenvalue weighted by Crippen LogP contribution is -2.33. The summed E-state index contributed by atoms with van der Waals surface area (Å²) in [5.41, 5.74) is 1.41. The maximum atomic E-state index is 13.1. The molecule has 136 valence electrons. The predicted molar refractivity (Wildman–Crippen MR) is 95.6 cm³/mol. The van der Waals surface area contributed by atoms with Crippen molar-refractivity contribution in [2.45, 2.75) is 50.1 Å². The SMILES string of the molecule is Cc1nn(C2CCCC2)cc1S(=O)(=O)N(CCO)Cc1ccccc1. The van der Waals surface area contributed by atoms with E-state index < -0.39 is 10.0 Å². The lowest BCUT2D eigenvalue weighted by atomic mass is 10.2. The van der Waals surface area contributed by atoms with Crippen LogP contribution in [0.3, 0.4) is 0 Å². The van der Waals surface area contributed by atoms with Gasteiger partial charge >= 0.3 is 0 Å². The molecule has 1 N–H and O–H groups in total. The zero-order chi connectivity index (χ0) is 17.9. The number of rotatable bonds is 7. The number of hydrogen-bond acceptors (Lipinski definition) is 4. The third-order valence-electron chi connectivity index (χ3n) is 4.74. The van der Waals surface area contributed by atoms with Gasteiger partial charge in [-0.1, -0.05) is 43.2 Å². The standard InChI is InChI=1S/C18H25N3O3S/c1-15-18(14-21(19-15)17-9-5-6-10-17)25(23,24)20(11-12-22)13-16-7-3-2-4-8-16/h2-4,7-8,14,17,22H,5-6,9-13H2,1H3. The fourth-order valence-electron chi connectivity index (χ4n) is 3.40. The Morgan fingerprint density at radius 1 is 1.24 bits per heavy atom. The molecule has 25 heavy (non-hydrogen) atoms. The first-order valence-electron chi connectivity index (χ1n) is 8.73. The van der Waals surface area contributed by atoms with Gasteiger partial charge in [-0.25, -0.2) is 8.42 Å². The summed E-state index contributed by atoms with van der Waals surface area (Å²) in [4.78, 5) is 0.240. The number of hydrogen-bond donors (Lipinski definition) is 1. The third-order valence-corrected chi connectivity index (χ3v) is 6.69. The normalized spacial score (nSPS) is 16.0. The quantitative estimate of drug-likeness (QED) is 0.820. The van der Waals surface area contributed by atoms with Crippen LogP contribution in [0.4, 0.5) is 0 Å². The fourth-order valence-corrected chi connectivity index (χ4v) is 4.97. The highest BCUT2D eigenvalue weighted by molar-refractivity contribution is 7.89. The number of aliphatic hydroxyl groups excluding tert-OH is 1. The summed E-state index contributed by atoms with van der Waals surface area (Å²) in [5, 5.41) is 13.8. The van der Waals surface area contributed by atoms with E-state index in [4.69, 9.17) is 0 Å². The third kappa shape index (κ3) is 3.94. The van der Waals surface area contributed by atoms with Crippen molar-refractivity contribution >= 4 is 10.0 Å². The largest absolute Gasteiger partial charge is 0.395 e. The van der Waals surface area contributed by atoms with Crippen molar-refractivity contribution in [2.75, 3.05) is 13.2 Å². The van der Waals surface area contributed by atoms with Crippen LogP contribution in [0.2, 0.25) is 0 Å². The molecular formula is C18H25N3O3S. The molecule has 7 heteroatoms. The van der Waals surface area contributed by atoms with Crippen molar-refractivity contribution in [2.24, 2.45) is 0 Å². The van der Waals surface area contributed by atoms with Crippen LogP contribution in [-0.2, 0) is 16.6 Å². The number of benzene rings is 1. The van der Waals surface area contributed by atoms with Crippen molar-refractivity contribution in [3.63, 3.8) is 0 Å². The maximum Gasteiger partial charge on any atom is 0.246 e. The molecule has 1 saturated carbocycles. The molecule has 3 rings (SSSR count). The molecule has 0 saturated heterocycles. The Labute approximate surface area is 149 Å². The van der Waals surface area contributed by atoms with Crippen molar-refractivity contribution in [1.29, 1.82) is 0 Å². The van der Waals surface area contributed by atoms with E-state index in [1.54, 1.807) is 13.1 Å². The second-order valence-electron chi connectivity index (χ2n) is 6.54. The van der Waals surface area contributed by atoms with E-state index in [-0.39, 0.29) is 24.6 Å². The van der Waals surface area contributed by atoms with Gasteiger partial charge in [-0.3, -0.25) is 4.68 Å². The summed E-state index contributed by atoms with van der Waals surface area (Å²) >= 11 is 0. The molecule has 2 aromatic rings. The summed E-state index contributed by atoms with van der Waals surface area (Å²) in [6, 6.07) is 9.71. The van der Waals surface area contributed by atoms with Gasteiger partial charge in [0.15, 0.2) is 0 Å². The molecule has 0 aliphatic heterocycles. The van der Waals surface area contributed by atoms with Crippen molar-refractivity contribution in [3.8, 4) is 0 Å². The summed E-state index contributed by atoms with van der Waals surface area (Å²) < 4.78 is 29.4. The zero-order valence-corrected chi connectivity index (χ0v) is 15.3. The van der Waals surface area contributed by atoms with Crippen LogP contribution in [0.5, 0.6) is 0 Å². The molecule has 0 amide bonds. The van der Waals surface area contributed by atoms with E-state index in [2.05, 4.69) is 5.10 Å². The molecule has 1 heterocycles. The minimum absolute atomic E-state index is 0.0608. The molecule has 1 aromatic heterocycles. The Morgan fingerprint density at radius 3 is 2.56 bits per heavy atom. The van der Waals surface area contributed by atoms with E-state index in [9.17, 15) is 13.5 Å². The first-order valence-corrected chi connectivity index (χ1v) is 10.2. The number of aromatic nitrogens is 2. The van der Waals surface area contributed by atoms with Gasteiger partial charge in [-0.05, 0) is 25.3 Å². The van der Waals surface area contributed by atoms with Crippen LogP contribution in [-0.4, -0.2) is 40.8 Å². The Kier molecular flexibility index (Phi) is 5.56. The highest BCUT2D eigenvalue weighted by Crippen LogP contribution is 2.31. The van der Waals surface area contributed by atoms with Crippen molar-refractivity contribution in [1.82, 2.24) is 14.1 Å². The second-order valence-corrected chi connectivity index (χ2v) is 8.45. The molecule has 1 fully saturated rings. The molecule has 0 bridgehead atoms. The van der Waals surface area contributed by atoms with Crippen LogP contribution in [0, 0.1) is 6.92 Å². The minimum Gasteiger partial charge on any atom is -0.395 e. The molecular weight excluding hydrogens is 338 g/mol. The second kappa shape index (κ2) is 7.68. The van der Waals surface area contributed by atoms with E-state index in [1.807, 2.05) is 35.0 Å². The molecule has 1 aliphatic carbocycles. The van der Waals surface area contributed by atoms with E-state index in [0.29, 0.717) is 11.7 Å². The van der Waals surface area contributed by atoms with Crippen LogP contribution in [0.1, 0.15) is 43.0 Å². The first-order chi connectivity index (χ1) is 12.0. The van der Waals surface area contributed by atoms with Gasteiger partial charge in [0, 0.05) is 19.3 Å². The van der Waals surface area contributed by atoms with Crippen LogP contribution >= 0.6 is 0 Å².